The van der Waals surface area contributed by atoms with E-state index in [1.54, 1.807) is 22.9 Å². The Morgan fingerprint density at radius 3 is 2.53 bits per heavy atom. The highest BCUT2D eigenvalue weighted by Crippen LogP contribution is 2.43. The second kappa shape index (κ2) is 8.24. The third-order valence-corrected chi connectivity index (χ3v) is 6.19. The van der Waals surface area contributed by atoms with E-state index in [1.165, 1.54) is 6.07 Å². The molecule has 3 fully saturated rings. The number of rotatable bonds is 7. The van der Waals surface area contributed by atoms with Crippen molar-refractivity contribution < 1.29 is 27.7 Å². The minimum Gasteiger partial charge on any atom is -0.433 e. The average molecular weight is 420 g/mol. The van der Waals surface area contributed by atoms with Crippen molar-refractivity contribution in [3.63, 3.8) is 0 Å². The first-order valence-electron chi connectivity index (χ1n) is 10.6. The van der Waals surface area contributed by atoms with Crippen LogP contribution in [0.1, 0.15) is 55.7 Å². The van der Waals surface area contributed by atoms with Crippen LogP contribution in [0.25, 0.3) is 5.69 Å². The number of aromatic nitrogens is 2. The van der Waals surface area contributed by atoms with E-state index in [4.69, 9.17) is 18.9 Å². The summed E-state index contributed by atoms with van der Waals surface area (Å²) in [7, 11) is 0. The number of ether oxygens (including phenoxy) is 4. The molecule has 1 saturated heterocycles. The monoisotopic (exact) mass is 420 g/mol. The summed E-state index contributed by atoms with van der Waals surface area (Å²) in [4.78, 5) is 0. The van der Waals surface area contributed by atoms with E-state index in [2.05, 4.69) is 5.10 Å². The number of hydrogen-bond donors (Lipinski definition) is 0. The fourth-order valence-corrected chi connectivity index (χ4v) is 4.48. The zero-order chi connectivity index (χ0) is 20.6. The van der Waals surface area contributed by atoms with Crippen LogP contribution in [-0.4, -0.2) is 41.5 Å². The van der Waals surface area contributed by atoms with Gasteiger partial charge in [0.25, 0.3) is 0 Å². The van der Waals surface area contributed by atoms with E-state index in [-0.39, 0.29) is 11.9 Å². The van der Waals surface area contributed by atoms with Gasteiger partial charge < -0.3 is 18.9 Å². The van der Waals surface area contributed by atoms with Crippen molar-refractivity contribution in [2.45, 2.75) is 69.6 Å². The summed E-state index contributed by atoms with van der Waals surface area (Å²) in [5.41, 5.74) is 2.55. The number of halogens is 2. The molecule has 1 aromatic heterocycles. The molecule has 1 spiro atoms. The van der Waals surface area contributed by atoms with E-state index in [0.29, 0.717) is 31.4 Å². The number of alkyl halides is 2. The minimum absolute atomic E-state index is 0.106. The SMILES string of the molecule is FC(F)Oc1ccccc1-n1ncc(C2CC2)c1COC1CCC2(CC1)OCCO2. The summed E-state index contributed by atoms with van der Waals surface area (Å²) >= 11 is 0. The van der Waals surface area contributed by atoms with Gasteiger partial charge in [-0.3, -0.25) is 0 Å². The van der Waals surface area contributed by atoms with Gasteiger partial charge in [-0.25, -0.2) is 4.68 Å². The molecule has 2 saturated carbocycles. The molecule has 0 radical (unpaired) electrons. The summed E-state index contributed by atoms with van der Waals surface area (Å²) in [6.07, 6.45) is 7.60. The smallest absolute Gasteiger partial charge is 0.387 e. The van der Waals surface area contributed by atoms with Crippen LogP contribution in [0.2, 0.25) is 0 Å². The molecule has 162 valence electrons. The highest BCUT2D eigenvalue weighted by atomic mass is 19.3. The molecule has 0 N–H and O–H groups in total. The quantitative estimate of drug-likeness (QED) is 0.658. The van der Waals surface area contributed by atoms with Crippen LogP contribution in [0.15, 0.2) is 30.5 Å². The normalized spacial score (nSPS) is 21.6. The lowest BCUT2D eigenvalue weighted by atomic mass is 9.92. The maximum absolute atomic E-state index is 12.9. The Labute approximate surface area is 174 Å². The van der Waals surface area contributed by atoms with Crippen molar-refractivity contribution in [2.75, 3.05) is 13.2 Å². The van der Waals surface area contributed by atoms with Crippen LogP contribution in [0, 0.1) is 0 Å². The Hall–Kier alpha value is -2.03. The average Bonchev–Trinajstić information content (AvgIpc) is 3.35. The van der Waals surface area contributed by atoms with Crippen molar-refractivity contribution in [1.82, 2.24) is 9.78 Å². The van der Waals surface area contributed by atoms with Gasteiger partial charge in [0.15, 0.2) is 11.5 Å². The standard InChI is InChI=1S/C22H26F2N2O4/c23-21(24)30-20-4-2-1-3-18(20)26-19(17(13-25-26)15-5-6-15)14-27-16-7-9-22(10-8-16)28-11-12-29-22/h1-4,13,15-16,21H,5-12,14H2. The molecule has 30 heavy (non-hydrogen) atoms. The van der Waals surface area contributed by atoms with E-state index in [0.717, 1.165) is 49.8 Å². The second-order valence-electron chi connectivity index (χ2n) is 8.20. The molecule has 8 heteroatoms. The Kier molecular flexibility index (Phi) is 5.47. The number of para-hydroxylation sites is 2. The molecule has 2 aromatic rings. The summed E-state index contributed by atoms with van der Waals surface area (Å²) in [6, 6.07) is 6.74. The Morgan fingerprint density at radius 2 is 1.83 bits per heavy atom. The molecule has 1 aromatic carbocycles. The third-order valence-electron chi connectivity index (χ3n) is 6.19. The summed E-state index contributed by atoms with van der Waals surface area (Å²) in [6.45, 7) is -1.18. The van der Waals surface area contributed by atoms with E-state index in [9.17, 15) is 8.78 Å². The lowest BCUT2D eigenvalue weighted by Gasteiger charge is -2.35. The predicted octanol–water partition coefficient (Wildman–Crippen LogP) is 4.55. The Bertz CT molecular complexity index is 868. The van der Waals surface area contributed by atoms with Crippen LogP contribution >= 0.6 is 0 Å². The van der Waals surface area contributed by atoms with Gasteiger partial charge >= 0.3 is 6.61 Å². The predicted molar refractivity (Wildman–Crippen MR) is 104 cm³/mol. The molecule has 0 atom stereocenters. The van der Waals surface area contributed by atoms with E-state index >= 15 is 0 Å². The lowest BCUT2D eigenvalue weighted by Crippen LogP contribution is -2.37. The maximum Gasteiger partial charge on any atom is 0.387 e. The van der Waals surface area contributed by atoms with Crippen LogP contribution in [0.4, 0.5) is 8.78 Å². The van der Waals surface area contributed by atoms with Gasteiger partial charge in [-0.15, -0.1) is 0 Å². The van der Waals surface area contributed by atoms with E-state index in [1.807, 2.05) is 6.20 Å². The minimum atomic E-state index is -2.89. The molecular formula is C22H26F2N2O4. The molecule has 5 rings (SSSR count). The zero-order valence-electron chi connectivity index (χ0n) is 16.8. The van der Waals surface area contributed by atoms with Gasteiger partial charge in [0.1, 0.15) is 5.69 Å². The maximum atomic E-state index is 12.9. The zero-order valence-corrected chi connectivity index (χ0v) is 16.8. The fourth-order valence-electron chi connectivity index (χ4n) is 4.48. The number of nitrogens with zero attached hydrogens (tertiary/aromatic N) is 2. The third kappa shape index (κ3) is 4.08. The molecule has 3 aliphatic rings. The van der Waals surface area contributed by atoms with Crippen LogP contribution in [0.3, 0.4) is 0 Å². The highest BCUT2D eigenvalue weighted by molar-refractivity contribution is 5.48. The first-order valence-corrected chi connectivity index (χ1v) is 10.6. The van der Waals surface area contributed by atoms with Crippen molar-refractivity contribution in [3.05, 3.63) is 41.7 Å². The summed E-state index contributed by atoms with van der Waals surface area (Å²) in [5.74, 6) is 0.164. The van der Waals surface area contributed by atoms with Gasteiger partial charge in [0.05, 0.1) is 37.8 Å². The van der Waals surface area contributed by atoms with Crippen LogP contribution in [0.5, 0.6) is 5.75 Å². The molecular weight excluding hydrogens is 394 g/mol. The van der Waals surface area contributed by atoms with Gasteiger partial charge in [0, 0.05) is 12.8 Å². The molecule has 1 aliphatic heterocycles. The molecule has 2 aliphatic carbocycles. The topological polar surface area (TPSA) is 54.7 Å². The van der Waals surface area contributed by atoms with E-state index < -0.39 is 12.4 Å². The van der Waals surface area contributed by atoms with Crippen molar-refractivity contribution in [1.29, 1.82) is 0 Å². The molecule has 0 amide bonds. The largest absolute Gasteiger partial charge is 0.433 e. The van der Waals surface area contributed by atoms with Crippen LogP contribution in [-0.2, 0) is 20.8 Å². The Balaban J connectivity index is 1.33. The lowest BCUT2D eigenvalue weighted by molar-refractivity contribution is -0.192. The molecule has 0 unspecified atom stereocenters. The second-order valence-corrected chi connectivity index (χ2v) is 8.20. The summed E-state index contributed by atoms with van der Waals surface area (Å²) < 4.78 is 50.0. The first-order chi connectivity index (χ1) is 14.6. The highest BCUT2D eigenvalue weighted by Gasteiger charge is 2.40. The van der Waals surface area contributed by atoms with Crippen molar-refractivity contribution in [3.8, 4) is 11.4 Å². The summed E-state index contributed by atoms with van der Waals surface area (Å²) in [5, 5.41) is 4.51. The molecule has 6 nitrogen and oxygen atoms in total. The van der Waals surface area contributed by atoms with Crippen molar-refractivity contribution in [2.24, 2.45) is 0 Å². The fraction of sp³-hybridized carbons (Fsp3) is 0.591. The Morgan fingerprint density at radius 1 is 1.10 bits per heavy atom. The van der Waals surface area contributed by atoms with Crippen LogP contribution < -0.4 is 4.74 Å². The first kappa shape index (κ1) is 19.9. The van der Waals surface area contributed by atoms with Gasteiger partial charge in [-0.2, -0.15) is 13.9 Å². The van der Waals surface area contributed by atoms with Gasteiger partial charge in [-0.1, -0.05) is 12.1 Å². The van der Waals surface area contributed by atoms with Gasteiger partial charge in [-0.05, 0) is 49.3 Å². The molecule has 2 heterocycles. The number of hydrogen-bond acceptors (Lipinski definition) is 5. The van der Waals surface area contributed by atoms with Crippen molar-refractivity contribution >= 4 is 0 Å². The molecule has 0 bridgehead atoms. The van der Waals surface area contributed by atoms with Gasteiger partial charge in [0.2, 0.25) is 0 Å². The number of benzene rings is 1.